The van der Waals surface area contributed by atoms with E-state index in [1.54, 1.807) is 6.92 Å². The number of carbonyl (C=O) groups is 1. The fourth-order valence-electron chi connectivity index (χ4n) is 2.40. The molecule has 23 heavy (non-hydrogen) atoms. The van der Waals surface area contributed by atoms with E-state index in [-0.39, 0.29) is 36.2 Å². The monoisotopic (exact) mass is 358 g/mol. The molecule has 0 rings (SSSR count). The van der Waals surface area contributed by atoms with Gasteiger partial charge < -0.3 is 9.35 Å². The first-order valence-corrected chi connectivity index (χ1v) is 9.85. The summed E-state index contributed by atoms with van der Waals surface area (Å²) in [6.07, 6.45) is 14.2. The van der Waals surface area contributed by atoms with Crippen LogP contribution in [0, 0.1) is 0 Å². The average Bonchev–Trinajstić information content (AvgIpc) is 2.41. The number of hydrogen-bond donors (Lipinski definition) is 0. The number of Topliss-reactive ketones (excluding diaryl/α,β-unsaturated/α-hetero) is 1. The summed E-state index contributed by atoms with van der Waals surface area (Å²) in [5, 5.41) is 0. The van der Waals surface area contributed by atoms with E-state index in [1.165, 1.54) is 44.9 Å². The summed E-state index contributed by atoms with van der Waals surface area (Å²) < 4.78 is 34.7. The molecule has 0 saturated carbocycles. The van der Waals surface area contributed by atoms with E-state index in [4.69, 9.17) is 0 Å². The third kappa shape index (κ3) is 24.9. The van der Waals surface area contributed by atoms with Gasteiger partial charge in [0.25, 0.3) is 0 Å². The molecule has 0 aromatic rings. The standard InChI is InChI=1S/C16H32O5S.Na/c1-16(17)14-12-10-8-6-4-2-3-5-7-9-11-13-15-21-22(18,19)20;/h2-15H2,1H3,(H,18,19,20);/q;+1/p-1. The molecule has 0 spiro atoms. The zero-order valence-electron chi connectivity index (χ0n) is 14.8. The summed E-state index contributed by atoms with van der Waals surface area (Å²) >= 11 is 0. The van der Waals surface area contributed by atoms with Crippen LogP contribution in [-0.4, -0.2) is 25.4 Å². The fraction of sp³-hybridized carbons (Fsp3) is 0.938. The first-order chi connectivity index (χ1) is 10.4. The Kier molecular flexibility index (Phi) is 19.5. The van der Waals surface area contributed by atoms with E-state index in [0.717, 1.165) is 32.1 Å². The van der Waals surface area contributed by atoms with Crippen LogP contribution in [0.1, 0.15) is 90.4 Å². The Morgan fingerprint density at radius 1 is 0.783 bits per heavy atom. The molecule has 0 N–H and O–H groups in total. The van der Waals surface area contributed by atoms with E-state index >= 15 is 0 Å². The molecule has 0 amide bonds. The zero-order chi connectivity index (χ0) is 16.7. The number of hydrogen-bond acceptors (Lipinski definition) is 5. The molecule has 5 nitrogen and oxygen atoms in total. The summed E-state index contributed by atoms with van der Waals surface area (Å²) in [6, 6.07) is 0. The van der Waals surface area contributed by atoms with Crippen LogP contribution in [0.2, 0.25) is 0 Å². The molecule has 0 atom stereocenters. The Hall–Kier alpha value is 0.540. The Balaban J connectivity index is 0. The average molecular weight is 358 g/mol. The van der Waals surface area contributed by atoms with Gasteiger partial charge in [0.05, 0.1) is 6.61 Å². The molecule has 7 heteroatoms. The Morgan fingerprint density at radius 2 is 1.13 bits per heavy atom. The smallest absolute Gasteiger partial charge is 0.726 e. The number of ketones is 1. The third-order valence-corrected chi connectivity index (χ3v) is 4.11. The van der Waals surface area contributed by atoms with Gasteiger partial charge in [-0.1, -0.05) is 64.2 Å². The van der Waals surface area contributed by atoms with Gasteiger partial charge in [0.2, 0.25) is 10.4 Å². The molecule has 0 unspecified atom stereocenters. The van der Waals surface area contributed by atoms with E-state index in [2.05, 4.69) is 4.18 Å². The van der Waals surface area contributed by atoms with Crippen molar-refractivity contribution in [2.45, 2.75) is 90.4 Å². The van der Waals surface area contributed by atoms with Crippen molar-refractivity contribution in [3.8, 4) is 0 Å². The molecule has 132 valence electrons. The molecule has 0 aliphatic carbocycles. The molecule has 0 aliphatic rings. The van der Waals surface area contributed by atoms with Crippen LogP contribution in [0.3, 0.4) is 0 Å². The number of rotatable bonds is 16. The minimum Gasteiger partial charge on any atom is -0.726 e. The first-order valence-electron chi connectivity index (χ1n) is 8.51. The van der Waals surface area contributed by atoms with Crippen molar-refractivity contribution in [1.82, 2.24) is 0 Å². The Morgan fingerprint density at radius 3 is 1.48 bits per heavy atom. The Labute approximate surface area is 164 Å². The van der Waals surface area contributed by atoms with Gasteiger partial charge in [0.15, 0.2) is 0 Å². The maximum atomic E-state index is 10.8. The van der Waals surface area contributed by atoms with Crippen molar-refractivity contribution in [3.63, 3.8) is 0 Å². The molecule has 0 aromatic carbocycles. The number of unbranched alkanes of at least 4 members (excludes halogenated alkanes) is 11. The van der Waals surface area contributed by atoms with Crippen molar-refractivity contribution in [3.05, 3.63) is 0 Å². The fourth-order valence-corrected chi connectivity index (χ4v) is 2.73. The summed E-state index contributed by atoms with van der Waals surface area (Å²) in [5.74, 6) is 0.293. The van der Waals surface area contributed by atoms with Crippen molar-refractivity contribution >= 4 is 16.2 Å². The van der Waals surface area contributed by atoms with Crippen LogP contribution in [0.4, 0.5) is 0 Å². The van der Waals surface area contributed by atoms with E-state index in [0.29, 0.717) is 12.2 Å². The molecule has 0 fully saturated rings. The van der Waals surface area contributed by atoms with Crippen LogP contribution in [0.5, 0.6) is 0 Å². The van der Waals surface area contributed by atoms with Crippen LogP contribution in [-0.2, 0) is 19.4 Å². The predicted molar refractivity (Wildman–Crippen MR) is 86.4 cm³/mol. The van der Waals surface area contributed by atoms with Gasteiger partial charge >= 0.3 is 29.6 Å². The van der Waals surface area contributed by atoms with Crippen LogP contribution >= 0.6 is 0 Å². The van der Waals surface area contributed by atoms with Gasteiger partial charge in [-0.15, -0.1) is 0 Å². The van der Waals surface area contributed by atoms with Gasteiger partial charge in [0, 0.05) is 6.42 Å². The van der Waals surface area contributed by atoms with Gasteiger partial charge in [-0.3, -0.25) is 4.18 Å². The Bertz CT molecular complexity index is 371. The molecule has 0 heterocycles. The molecule has 0 saturated heterocycles. The maximum absolute atomic E-state index is 10.8. The largest absolute Gasteiger partial charge is 1.00 e. The summed E-state index contributed by atoms with van der Waals surface area (Å²) in [7, 11) is -4.51. The third-order valence-electron chi connectivity index (χ3n) is 3.65. The molecule has 0 aliphatic heterocycles. The summed E-state index contributed by atoms with van der Waals surface area (Å²) in [4.78, 5) is 10.8. The van der Waals surface area contributed by atoms with Gasteiger partial charge in [-0.25, -0.2) is 8.42 Å². The van der Waals surface area contributed by atoms with Crippen molar-refractivity contribution in [2.24, 2.45) is 0 Å². The minimum absolute atomic E-state index is 0. The first kappa shape index (κ1) is 25.8. The topological polar surface area (TPSA) is 83.5 Å². The van der Waals surface area contributed by atoms with Gasteiger partial charge in [-0.2, -0.15) is 0 Å². The van der Waals surface area contributed by atoms with Gasteiger partial charge in [0.1, 0.15) is 5.78 Å². The van der Waals surface area contributed by atoms with Gasteiger partial charge in [-0.05, 0) is 19.8 Å². The summed E-state index contributed by atoms with van der Waals surface area (Å²) in [6.45, 7) is 1.66. The minimum atomic E-state index is -4.51. The van der Waals surface area contributed by atoms with E-state index in [9.17, 15) is 17.8 Å². The molecule has 0 radical (unpaired) electrons. The second kappa shape index (κ2) is 17.4. The molecular formula is C16H31NaO5S. The molecular weight excluding hydrogens is 327 g/mol. The normalized spacial score (nSPS) is 11.2. The van der Waals surface area contributed by atoms with Crippen LogP contribution in [0.25, 0.3) is 0 Å². The van der Waals surface area contributed by atoms with E-state index < -0.39 is 10.4 Å². The second-order valence-corrected chi connectivity index (χ2v) is 6.98. The second-order valence-electron chi connectivity index (χ2n) is 5.92. The molecule has 0 aromatic heterocycles. The van der Waals surface area contributed by atoms with E-state index in [1.807, 2.05) is 0 Å². The van der Waals surface area contributed by atoms with Crippen LogP contribution in [0.15, 0.2) is 0 Å². The van der Waals surface area contributed by atoms with Crippen molar-refractivity contribution in [2.75, 3.05) is 6.61 Å². The molecule has 0 bridgehead atoms. The maximum Gasteiger partial charge on any atom is 1.00 e. The number of carbonyl (C=O) groups excluding carboxylic acids is 1. The van der Waals surface area contributed by atoms with Crippen molar-refractivity contribution in [1.29, 1.82) is 0 Å². The quantitative estimate of drug-likeness (QED) is 0.179. The zero-order valence-corrected chi connectivity index (χ0v) is 17.7. The SMILES string of the molecule is CC(=O)CCCCCCCCCCCCCCOS(=O)(=O)[O-].[Na+]. The predicted octanol–water partition coefficient (Wildman–Crippen LogP) is 1.13. The van der Waals surface area contributed by atoms with Crippen LogP contribution < -0.4 is 29.6 Å². The summed E-state index contributed by atoms with van der Waals surface area (Å²) in [5.41, 5.74) is 0. The van der Waals surface area contributed by atoms with Crippen molar-refractivity contribution < 1.29 is 51.5 Å².